The Balaban J connectivity index is 2.02. The van der Waals surface area contributed by atoms with E-state index in [1.807, 2.05) is 6.20 Å². The Labute approximate surface area is 121 Å². The number of nitrogens with zero attached hydrogens (tertiary/aromatic N) is 2. The molecule has 1 aliphatic heterocycles. The van der Waals surface area contributed by atoms with Crippen LogP contribution in [0.15, 0.2) is 30.5 Å². The van der Waals surface area contributed by atoms with E-state index in [2.05, 4.69) is 48.3 Å². The Kier molecular flexibility index (Phi) is 3.88. The summed E-state index contributed by atoms with van der Waals surface area (Å²) in [6.45, 7) is 8.59. The minimum Gasteiger partial charge on any atom is -0.356 e. The number of benzene rings is 1. The second-order valence-corrected chi connectivity index (χ2v) is 5.77. The molecule has 0 bridgehead atoms. The minimum atomic E-state index is 0.775. The molecule has 0 radical (unpaired) electrons. The van der Waals surface area contributed by atoms with Crippen molar-refractivity contribution in [2.24, 2.45) is 5.92 Å². The maximum absolute atomic E-state index is 4.76. The minimum absolute atomic E-state index is 0.775. The Morgan fingerprint density at radius 3 is 2.80 bits per heavy atom. The Hall–Kier alpha value is -1.61. The third kappa shape index (κ3) is 2.50. The molecule has 0 saturated carbocycles. The first-order valence-electron chi connectivity index (χ1n) is 7.62. The molecule has 2 heterocycles. The van der Waals surface area contributed by atoms with Crippen LogP contribution in [0, 0.1) is 5.92 Å². The Morgan fingerprint density at radius 1 is 1.30 bits per heavy atom. The third-order valence-electron chi connectivity index (χ3n) is 4.15. The fourth-order valence-corrected chi connectivity index (χ4v) is 3.02. The van der Waals surface area contributed by atoms with Crippen molar-refractivity contribution in [2.45, 2.75) is 26.8 Å². The molecule has 1 unspecified atom stereocenters. The lowest BCUT2D eigenvalue weighted by atomic mass is 10.1. The van der Waals surface area contributed by atoms with E-state index in [0.29, 0.717) is 0 Å². The van der Waals surface area contributed by atoms with E-state index >= 15 is 0 Å². The van der Waals surface area contributed by atoms with Crippen LogP contribution in [0.3, 0.4) is 0 Å². The molecule has 20 heavy (non-hydrogen) atoms. The second kappa shape index (κ2) is 5.80. The van der Waals surface area contributed by atoms with Gasteiger partial charge in [-0.15, -0.1) is 0 Å². The third-order valence-corrected chi connectivity index (χ3v) is 4.15. The van der Waals surface area contributed by atoms with Crippen molar-refractivity contribution in [1.29, 1.82) is 0 Å². The molecule has 1 atom stereocenters. The average Bonchev–Trinajstić information content (AvgIpc) is 2.91. The maximum Gasteiger partial charge on any atom is 0.136 e. The van der Waals surface area contributed by atoms with Crippen molar-refractivity contribution in [2.75, 3.05) is 24.5 Å². The highest BCUT2D eigenvalue weighted by molar-refractivity contribution is 5.94. The van der Waals surface area contributed by atoms with Crippen LogP contribution in [-0.4, -0.2) is 24.6 Å². The van der Waals surface area contributed by atoms with Crippen LogP contribution in [0.1, 0.15) is 25.8 Å². The summed E-state index contributed by atoms with van der Waals surface area (Å²) in [4.78, 5) is 7.20. The van der Waals surface area contributed by atoms with E-state index in [1.54, 1.807) is 0 Å². The number of aromatic nitrogens is 1. The van der Waals surface area contributed by atoms with Crippen LogP contribution in [-0.2, 0) is 6.54 Å². The molecule has 3 heteroatoms. The standard InChI is InChI=1S/C17H23N3/c1-3-18-10-14-11-19-17(20-9-8-13(2)12-20)16-7-5-4-6-15(14)16/h4-7,11,13,18H,3,8-10,12H2,1-2H3. The van der Waals surface area contributed by atoms with Crippen molar-refractivity contribution >= 4 is 16.6 Å². The summed E-state index contributed by atoms with van der Waals surface area (Å²) in [6.07, 6.45) is 3.32. The zero-order valence-corrected chi connectivity index (χ0v) is 12.4. The van der Waals surface area contributed by atoms with Gasteiger partial charge in [-0.1, -0.05) is 38.1 Å². The molecule has 1 aromatic heterocycles. The normalized spacial score (nSPS) is 18.9. The van der Waals surface area contributed by atoms with E-state index in [-0.39, 0.29) is 0 Å². The molecular weight excluding hydrogens is 246 g/mol. The van der Waals surface area contributed by atoms with E-state index in [9.17, 15) is 0 Å². The van der Waals surface area contributed by atoms with Gasteiger partial charge in [0.15, 0.2) is 0 Å². The van der Waals surface area contributed by atoms with Crippen LogP contribution in [0.5, 0.6) is 0 Å². The Bertz CT molecular complexity index is 594. The number of fused-ring (bicyclic) bond motifs is 1. The van der Waals surface area contributed by atoms with Gasteiger partial charge in [0, 0.05) is 31.2 Å². The summed E-state index contributed by atoms with van der Waals surface area (Å²) in [6, 6.07) is 8.65. The number of hydrogen-bond donors (Lipinski definition) is 1. The lowest BCUT2D eigenvalue weighted by Crippen LogP contribution is -2.21. The second-order valence-electron chi connectivity index (χ2n) is 5.77. The summed E-state index contributed by atoms with van der Waals surface area (Å²) >= 11 is 0. The van der Waals surface area contributed by atoms with Crippen LogP contribution in [0.25, 0.3) is 10.8 Å². The predicted octanol–water partition coefficient (Wildman–Crippen LogP) is 3.19. The molecule has 1 aromatic carbocycles. The first-order chi connectivity index (χ1) is 9.79. The van der Waals surface area contributed by atoms with Crippen molar-refractivity contribution in [1.82, 2.24) is 10.3 Å². The summed E-state index contributed by atoms with van der Waals surface area (Å²) < 4.78 is 0. The van der Waals surface area contributed by atoms with Crippen LogP contribution in [0.2, 0.25) is 0 Å². The lowest BCUT2D eigenvalue weighted by Gasteiger charge is -2.20. The molecule has 1 saturated heterocycles. The fraction of sp³-hybridized carbons (Fsp3) is 0.471. The van der Waals surface area contributed by atoms with E-state index in [0.717, 1.165) is 37.9 Å². The molecule has 0 spiro atoms. The van der Waals surface area contributed by atoms with Gasteiger partial charge in [0.05, 0.1) is 0 Å². The molecule has 0 aliphatic carbocycles. The first-order valence-corrected chi connectivity index (χ1v) is 7.62. The van der Waals surface area contributed by atoms with Gasteiger partial charge in [-0.3, -0.25) is 0 Å². The molecule has 106 valence electrons. The van der Waals surface area contributed by atoms with Crippen molar-refractivity contribution in [3.05, 3.63) is 36.0 Å². The van der Waals surface area contributed by atoms with Crippen LogP contribution < -0.4 is 10.2 Å². The summed E-state index contributed by atoms with van der Waals surface area (Å²) in [7, 11) is 0. The van der Waals surface area contributed by atoms with Gasteiger partial charge in [-0.05, 0) is 29.8 Å². The summed E-state index contributed by atoms with van der Waals surface area (Å²) in [5.74, 6) is 1.93. The Morgan fingerprint density at radius 2 is 2.10 bits per heavy atom. The van der Waals surface area contributed by atoms with E-state index in [4.69, 9.17) is 4.98 Å². The quantitative estimate of drug-likeness (QED) is 0.924. The number of hydrogen-bond acceptors (Lipinski definition) is 3. The smallest absolute Gasteiger partial charge is 0.136 e. The zero-order valence-electron chi connectivity index (χ0n) is 12.4. The molecule has 3 nitrogen and oxygen atoms in total. The average molecular weight is 269 g/mol. The van der Waals surface area contributed by atoms with Gasteiger partial charge in [-0.2, -0.15) is 0 Å². The number of anilines is 1. The zero-order chi connectivity index (χ0) is 13.9. The number of rotatable bonds is 4. The molecule has 1 aliphatic rings. The van der Waals surface area contributed by atoms with Gasteiger partial charge in [0.2, 0.25) is 0 Å². The fourth-order valence-electron chi connectivity index (χ4n) is 3.02. The van der Waals surface area contributed by atoms with Gasteiger partial charge >= 0.3 is 0 Å². The molecule has 3 rings (SSSR count). The van der Waals surface area contributed by atoms with Gasteiger partial charge in [-0.25, -0.2) is 4.98 Å². The predicted molar refractivity (Wildman–Crippen MR) is 85.1 cm³/mol. The van der Waals surface area contributed by atoms with Gasteiger partial charge < -0.3 is 10.2 Å². The maximum atomic E-state index is 4.76. The lowest BCUT2D eigenvalue weighted by molar-refractivity contribution is 0.659. The highest BCUT2D eigenvalue weighted by atomic mass is 15.2. The van der Waals surface area contributed by atoms with Gasteiger partial charge in [0.1, 0.15) is 5.82 Å². The van der Waals surface area contributed by atoms with E-state index in [1.165, 1.54) is 22.8 Å². The van der Waals surface area contributed by atoms with Crippen molar-refractivity contribution in [3.8, 4) is 0 Å². The molecule has 0 amide bonds. The highest BCUT2D eigenvalue weighted by Gasteiger charge is 2.21. The largest absolute Gasteiger partial charge is 0.356 e. The van der Waals surface area contributed by atoms with Crippen molar-refractivity contribution < 1.29 is 0 Å². The summed E-state index contributed by atoms with van der Waals surface area (Å²) in [5.41, 5.74) is 1.29. The molecule has 1 N–H and O–H groups in total. The topological polar surface area (TPSA) is 28.2 Å². The van der Waals surface area contributed by atoms with Gasteiger partial charge in [0.25, 0.3) is 0 Å². The molecule has 2 aromatic rings. The van der Waals surface area contributed by atoms with Crippen LogP contribution >= 0.6 is 0 Å². The first kappa shape index (κ1) is 13.4. The number of nitrogens with one attached hydrogen (secondary N) is 1. The van der Waals surface area contributed by atoms with E-state index < -0.39 is 0 Å². The SMILES string of the molecule is CCNCc1cnc(N2CCC(C)C2)c2ccccc12. The monoisotopic (exact) mass is 269 g/mol. The summed E-state index contributed by atoms with van der Waals surface area (Å²) in [5, 5.41) is 6.02. The van der Waals surface area contributed by atoms with Crippen molar-refractivity contribution in [3.63, 3.8) is 0 Å². The number of pyridine rings is 1. The molecular formula is C17H23N3. The highest BCUT2D eigenvalue weighted by Crippen LogP contribution is 2.30. The van der Waals surface area contributed by atoms with Crippen LogP contribution in [0.4, 0.5) is 5.82 Å². The molecule has 1 fully saturated rings.